The van der Waals surface area contributed by atoms with Crippen LogP contribution in [0.1, 0.15) is 25.0 Å². The monoisotopic (exact) mass is 501 g/mol. The summed E-state index contributed by atoms with van der Waals surface area (Å²) < 4.78 is 6.59. The Morgan fingerprint density at radius 1 is 0.513 bits per heavy atom. The van der Waals surface area contributed by atoms with Crippen molar-refractivity contribution in [2.75, 3.05) is 5.32 Å². The maximum absolute atomic E-state index is 6.59. The van der Waals surface area contributed by atoms with Crippen LogP contribution in [0.4, 0.5) is 11.4 Å². The van der Waals surface area contributed by atoms with E-state index in [1.165, 1.54) is 27.6 Å². The zero-order valence-electron chi connectivity index (χ0n) is 22.0. The molecule has 2 nitrogen and oxygen atoms in total. The zero-order valence-corrected chi connectivity index (χ0v) is 22.0. The second kappa shape index (κ2) is 8.09. The van der Waals surface area contributed by atoms with E-state index in [0.717, 1.165) is 49.8 Å². The Labute approximate surface area is 227 Å². The average molecular weight is 502 g/mol. The van der Waals surface area contributed by atoms with Gasteiger partial charge in [-0.15, -0.1) is 0 Å². The van der Waals surface area contributed by atoms with E-state index in [0.29, 0.717) is 0 Å². The van der Waals surface area contributed by atoms with Crippen LogP contribution in [0.25, 0.3) is 55.0 Å². The summed E-state index contributed by atoms with van der Waals surface area (Å²) in [5, 5.41) is 8.31. The fraction of sp³-hybridized carbons (Fsp3) is 0.0811. The second-order valence-corrected chi connectivity index (χ2v) is 11.1. The van der Waals surface area contributed by atoms with Crippen molar-refractivity contribution >= 4 is 44.1 Å². The van der Waals surface area contributed by atoms with Gasteiger partial charge in [-0.05, 0) is 63.5 Å². The lowest BCUT2D eigenvalue weighted by Crippen LogP contribution is -2.14. The minimum atomic E-state index is 0.0148. The lowest BCUT2D eigenvalue weighted by Gasteiger charge is -2.21. The average Bonchev–Trinajstić information content (AvgIpc) is 3.46. The first-order valence-electron chi connectivity index (χ1n) is 13.5. The Hall–Kier alpha value is -4.82. The van der Waals surface area contributed by atoms with Gasteiger partial charge in [0.25, 0.3) is 0 Å². The summed E-state index contributed by atoms with van der Waals surface area (Å²) in [7, 11) is 0. The van der Waals surface area contributed by atoms with Crippen molar-refractivity contribution in [2.24, 2.45) is 0 Å². The lowest BCUT2D eigenvalue weighted by molar-refractivity contribution is 0.660. The highest BCUT2D eigenvalue weighted by molar-refractivity contribution is 6.17. The lowest BCUT2D eigenvalue weighted by atomic mass is 9.82. The SMILES string of the molecule is CC1(C)c2ccccc2-c2cc(Nc3cccc(-c4cccc5c4oc4c6ccccc6ccc54)c3)ccc21. The number of furan rings is 1. The highest BCUT2D eigenvalue weighted by Crippen LogP contribution is 2.49. The molecule has 0 atom stereocenters. The molecule has 39 heavy (non-hydrogen) atoms. The molecule has 6 aromatic carbocycles. The van der Waals surface area contributed by atoms with Crippen LogP contribution in [0.2, 0.25) is 0 Å². The number of hydrogen-bond acceptors (Lipinski definition) is 2. The maximum Gasteiger partial charge on any atom is 0.143 e. The Morgan fingerprint density at radius 2 is 1.23 bits per heavy atom. The number of hydrogen-bond donors (Lipinski definition) is 1. The minimum absolute atomic E-state index is 0.0148. The van der Waals surface area contributed by atoms with E-state index in [1.54, 1.807) is 0 Å². The molecule has 1 aliphatic rings. The van der Waals surface area contributed by atoms with Crippen molar-refractivity contribution in [1.82, 2.24) is 0 Å². The Kier molecular flexibility index (Phi) is 4.60. The molecule has 1 aliphatic carbocycles. The highest BCUT2D eigenvalue weighted by atomic mass is 16.3. The molecule has 1 N–H and O–H groups in total. The largest absolute Gasteiger partial charge is 0.455 e. The van der Waals surface area contributed by atoms with Gasteiger partial charge in [0, 0.05) is 38.5 Å². The smallest absolute Gasteiger partial charge is 0.143 e. The molecular formula is C37H27NO. The van der Waals surface area contributed by atoms with Crippen LogP contribution in [-0.2, 0) is 5.41 Å². The van der Waals surface area contributed by atoms with Crippen molar-refractivity contribution in [3.63, 3.8) is 0 Å². The Morgan fingerprint density at radius 3 is 2.18 bits per heavy atom. The Balaban J connectivity index is 1.20. The predicted octanol–water partition coefficient (Wildman–Crippen LogP) is 10.5. The zero-order chi connectivity index (χ0) is 26.1. The van der Waals surface area contributed by atoms with E-state index in [4.69, 9.17) is 4.42 Å². The van der Waals surface area contributed by atoms with Gasteiger partial charge in [-0.25, -0.2) is 0 Å². The quantitative estimate of drug-likeness (QED) is 0.260. The summed E-state index contributed by atoms with van der Waals surface area (Å²) in [6.45, 7) is 4.63. The van der Waals surface area contributed by atoms with Crippen LogP contribution >= 0.6 is 0 Å². The van der Waals surface area contributed by atoms with Gasteiger partial charge in [0.2, 0.25) is 0 Å². The number of para-hydroxylation sites is 1. The topological polar surface area (TPSA) is 25.2 Å². The molecule has 0 radical (unpaired) electrons. The second-order valence-electron chi connectivity index (χ2n) is 11.1. The van der Waals surface area contributed by atoms with Crippen LogP contribution in [0.15, 0.2) is 126 Å². The standard InChI is InChI=1S/C37H27NO/c1-37(2)33-16-6-5-13-29(33)32-22-26(18-20-34(32)37)38-25-11-7-10-24(21-25)28-14-8-15-30-31-19-17-23-9-3-4-12-27(23)35(31)39-36(28)30/h3-22,38H,1-2H3. The molecule has 2 heteroatoms. The highest BCUT2D eigenvalue weighted by Gasteiger charge is 2.35. The summed E-state index contributed by atoms with van der Waals surface area (Å²) in [4.78, 5) is 0. The number of anilines is 2. The number of fused-ring (bicyclic) bond motifs is 8. The van der Waals surface area contributed by atoms with Crippen molar-refractivity contribution in [3.8, 4) is 22.3 Å². The maximum atomic E-state index is 6.59. The molecule has 0 aliphatic heterocycles. The summed E-state index contributed by atoms with van der Waals surface area (Å²) in [6.07, 6.45) is 0. The van der Waals surface area contributed by atoms with Crippen molar-refractivity contribution in [1.29, 1.82) is 0 Å². The molecule has 0 spiro atoms. The molecule has 0 fully saturated rings. The molecule has 8 rings (SSSR count). The van der Waals surface area contributed by atoms with Gasteiger partial charge in [-0.3, -0.25) is 0 Å². The van der Waals surface area contributed by atoms with Crippen LogP contribution in [0.3, 0.4) is 0 Å². The van der Waals surface area contributed by atoms with E-state index in [1.807, 2.05) is 0 Å². The normalized spacial score (nSPS) is 13.6. The fourth-order valence-electron chi connectivity index (χ4n) is 6.48. The molecule has 1 heterocycles. The predicted molar refractivity (Wildman–Crippen MR) is 164 cm³/mol. The number of nitrogens with one attached hydrogen (secondary N) is 1. The van der Waals surface area contributed by atoms with Crippen molar-refractivity contribution < 1.29 is 4.42 Å². The van der Waals surface area contributed by atoms with E-state index in [9.17, 15) is 0 Å². The first-order chi connectivity index (χ1) is 19.1. The molecule has 7 aromatic rings. The van der Waals surface area contributed by atoms with Crippen molar-refractivity contribution in [3.05, 3.63) is 132 Å². The van der Waals surface area contributed by atoms with Gasteiger partial charge in [-0.2, -0.15) is 0 Å². The van der Waals surface area contributed by atoms with E-state index in [-0.39, 0.29) is 5.41 Å². The summed E-state index contributed by atoms with van der Waals surface area (Å²) in [6, 6.07) is 43.4. The van der Waals surface area contributed by atoms with Gasteiger partial charge in [-0.1, -0.05) is 105 Å². The van der Waals surface area contributed by atoms with Crippen LogP contribution in [0, 0.1) is 0 Å². The van der Waals surface area contributed by atoms with E-state index < -0.39 is 0 Å². The summed E-state index contributed by atoms with van der Waals surface area (Å²) in [5.74, 6) is 0. The van der Waals surface area contributed by atoms with Gasteiger partial charge >= 0.3 is 0 Å². The van der Waals surface area contributed by atoms with Gasteiger partial charge < -0.3 is 9.73 Å². The van der Waals surface area contributed by atoms with Gasteiger partial charge in [0.15, 0.2) is 0 Å². The number of benzene rings is 6. The molecule has 186 valence electrons. The minimum Gasteiger partial charge on any atom is -0.455 e. The van der Waals surface area contributed by atoms with Crippen molar-refractivity contribution in [2.45, 2.75) is 19.3 Å². The fourth-order valence-corrected chi connectivity index (χ4v) is 6.48. The summed E-state index contributed by atoms with van der Waals surface area (Å²) in [5.41, 5.74) is 11.7. The third-order valence-corrected chi connectivity index (χ3v) is 8.43. The number of rotatable bonds is 3. The Bertz CT molecular complexity index is 2080. The molecule has 0 unspecified atom stereocenters. The van der Waals surface area contributed by atoms with Gasteiger partial charge in [0.05, 0.1) is 0 Å². The molecule has 0 saturated heterocycles. The molecule has 0 amide bonds. The van der Waals surface area contributed by atoms with E-state index >= 15 is 0 Å². The first-order valence-corrected chi connectivity index (χ1v) is 13.5. The van der Waals surface area contributed by atoms with Crippen LogP contribution < -0.4 is 5.32 Å². The molecule has 0 saturated carbocycles. The molecule has 0 bridgehead atoms. The molecular weight excluding hydrogens is 474 g/mol. The van der Waals surface area contributed by atoms with Gasteiger partial charge in [0.1, 0.15) is 11.2 Å². The van der Waals surface area contributed by atoms with E-state index in [2.05, 4.69) is 140 Å². The third-order valence-electron chi connectivity index (χ3n) is 8.43. The third kappa shape index (κ3) is 3.28. The van der Waals surface area contributed by atoms with Crippen LogP contribution in [0.5, 0.6) is 0 Å². The summed E-state index contributed by atoms with van der Waals surface area (Å²) >= 11 is 0. The molecule has 1 aromatic heterocycles. The van der Waals surface area contributed by atoms with Crippen LogP contribution in [-0.4, -0.2) is 0 Å². The first kappa shape index (κ1) is 22.2.